The molecule has 0 saturated heterocycles. The van der Waals surface area contributed by atoms with Gasteiger partial charge in [-0.1, -0.05) is 17.7 Å². The van der Waals surface area contributed by atoms with Crippen LogP contribution in [-0.2, 0) is 6.18 Å². The monoisotopic (exact) mass is 386 g/mol. The molecule has 0 fully saturated rings. The zero-order chi connectivity index (χ0) is 18.8. The first-order valence-corrected chi connectivity index (χ1v) is 6.88. The van der Waals surface area contributed by atoms with Crippen molar-refractivity contribution in [3.63, 3.8) is 0 Å². The summed E-state index contributed by atoms with van der Waals surface area (Å²) >= 11 is 5.73. The van der Waals surface area contributed by atoms with Crippen LogP contribution in [0.25, 0.3) is 5.69 Å². The number of hydrazine groups is 1. The van der Waals surface area contributed by atoms with Crippen LogP contribution in [0.1, 0.15) is 5.56 Å². The normalized spacial score (nSPS) is 13.1. The predicted molar refractivity (Wildman–Crippen MR) is 77.5 cm³/mol. The highest BCUT2D eigenvalue weighted by Gasteiger charge is 2.30. The molecule has 1 atom stereocenters. The number of hydrogen-bond donors (Lipinski definition) is 2. The van der Waals surface area contributed by atoms with Gasteiger partial charge in [0, 0.05) is 0 Å². The molecule has 1 aromatic carbocycles. The van der Waals surface area contributed by atoms with Crippen molar-refractivity contribution in [3.8, 4) is 5.69 Å². The van der Waals surface area contributed by atoms with Crippen molar-refractivity contribution in [3.05, 3.63) is 51.4 Å². The van der Waals surface area contributed by atoms with Crippen LogP contribution < -0.4 is 16.4 Å². The van der Waals surface area contributed by atoms with Crippen LogP contribution in [0.5, 0.6) is 0 Å². The SMILES string of the molecule is O=c1c(Cl)c(NNC(F)C(F)F)cnn1-c1cccc(C(F)(F)F)c1. The Balaban J connectivity index is 2.33. The van der Waals surface area contributed by atoms with Gasteiger partial charge in [0.25, 0.3) is 12.0 Å². The Kier molecular flexibility index (Phi) is 5.58. The van der Waals surface area contributed by atoms with Gasteiger partial charge >= 0.3 is 6.18 Å². The standard InChI is InChI=1S/C13H9ClF6N4O/c14-9-8(22-23-11(17)10(15)16)5-21-24(12(9)25)7-3-1-2-6(4-7)13(18,19)20/h1-5,10-11,22-23H. The molecule has 0 saturated carbocycles. The van der Waals surface area contributed by atoms with Crippen LogP contribution in [0.3, 0.4) is 0 Å². The Morgan fingerprint density at radius 2 is 1.88 bits per heavy atom. The van der Waals surface area contributed by atoms with Crippen LogP contribution >= 0.6 is 11.6 Å². The first kappa shape index (κ1) is 19.1. The summed E-state index contributed by atoms with van der Waals surface area (Å²) in [6.07, 6.45) is -9.82. The lowest BCUT2D eigenvalue weighted by Gasteiger charge is -2.14. The molecule has 1 unspecified atom stereocenters. The van der Waals surface area contributed by atoms with Gasteiger partial charge in [0.05, 0.1) is 23.1 Å². The Hall–Kier alpha value is -2.27. The topological polar surface area (TPSA) is 59.0 Å². The minimum absolute atomic E-state index is 0.211. The molecular formula is C13H9ClF6N4O. The van der Waals surface area contributed by atoms with Crippen molar-refractivity contribution in [2.24, 2.45) is 0 Å². The van der Waals surface area contributed by atoms with Crippen molar-refractivity contribution >= 4 is 17.3 Å². The van der Waals surface area contributed by atoms with Crippen molar-refractivity contribution < 1.29 is 26.3 Å². The average molecular weight is 387 g/mol. The van der Waals surface area contributed by atoms with Gasteiger partial charge in [-0.05, 0) is 18.2 Å². The van der Waals surface area contributed by atoms with Crippen molar-refractivity contribution in [1.82, 2.24) is 15.2 Å². The fourth-order valence-corrected chi connectivity index (χ4v) is 1.90. The molecule has 136 valence electrons. The van der Waals surface area contributed by atoms with Gasteiger partial charge in [-0.2, -0.15) is 28.4 Å². The van der Waals surface area contributed by atoms with Crippen LogP contribution in [0.4, 0.5) is 32.0 Å². The molecule has 0 aliphatic carbocycles. The van der Waals surface area contributed by atoms with E-state index < -0.39 is 35.0 Å². The molecule has 1 aromatic heterocycles. The van der Waals surface area contributed by atoms with E-state index in [2.05, 4.69) is 5.10 Å². The van der Waals surface area contributed by atoms with Crippen molar-refractivity contribution in [1.29, 1.82) is 0 Å². The van der Waals surface area contributed by atoms with Gasteiger partial charge in [-0.25, -0.2) is 13.2 Å². The molecule has 0 aliphatic heterocycles. The van der Waals surface area contributed by atoms with Gasteiger partial charge in [-0.15, -0.1) is 0 Å². The number of benzene rings is 1. The van der Waals surface area contributed by atoms with Crippen LogP contribution in [-0.4, -0.2) is 22.5 Å². The number of nitrogens with one attached hydrogen (secondary N) is 2. The number of anilines is 1. The van der Waals surface area contributed by atoms with E-state index >= 15 is 0 Å². The summed E-state index contributed by atoms with van der Waals surface area (Å²) in [6.45, 7) is 0. The minimum atomic E-state index is -4.62. The average Bonchev–Trinajstić information content (AvgIpc) is 2.55. The van der Waals surface area contributed by atoms with E-state index in [-0.39, 0.29) is 11.4 Å². The maximum Gasteiger partial charge on any atom is 0.416 e. The number of nitrogens with zero attached hydrogens (tertiary/aromatic N) is 2. The molecule has 25 heavy (non-hydrogen) atoms. The molecular weight excluding hydrogens is 378 g/mol. The highest BCUT2D eigenvalue weighted by atomic mass is 35.5. The molecule has 0 radical (unpaired) electrons. The molecule has 0 amide bonds. The number of hydrogen-bond acceptors (Lipinski definition) is 4. The lowest BCUT2D eigenvalue weighted by atomic mass is 10.2. The fourth-order valence-electron chi connectivity index (χ4n) is 1.73. The second-order valence-corrected chi connectivity index (χ2v) is 5.02. The van der Waals surface area contributed by atoms with Crippen molar-refractivity contribution in [2.45, 2.75) is 18.9 Å². The molecule has 5 nitrogen and oxygen atoms in total. The van der Waals surface area contributed by atoms with E-state index in [9.17, 15) is 31.1 Å². The maximum atomic E-state index is 12.8. The summed E-state index contributed by atoms with van der Waals surface area (Å²) in [5.74, 6) is 0. The summed E-state index contributed by atoms with van der Waals surface area (Å²) < 4.78 is 75.6. The third-order valence-corrected chi connectivity index (χ3v) is 3.27. The predicted octanol–water partition coefficient (Wildman–Crippen LogP) is 3.38. The van der Waals surface area contributed by atoms with Crippen LogP contribution in [0.2, 0.25) is 5.02 Å². The maximum absolute atomic E-state index is 12.8. The Bertz CT molecular complexity index is 810. The Morgan fingerprint density at radius 1 is 1.20 bits per heavy atom. The van der Waals surface area contributed by atoms with Gasteiger partial charge in [0.15, 0.2) is 0 Å². The molecule has 0 spiro atoms. The van der Waals surface area contributed by atoms with E-state index in [0.717, 1.165) is 18.3 Å². The lowest BCUT2D eigenvalue weighted by molar-refractivity contribution is -0.137. The summed E-state index contributed by atoms with van der Waals surface area (Å²) in [5.41, 5.74) is 0.960. The summed E-state index contributed by atoms with van der Waals surface area (Å²) in [4.78, 5) is 12.1. The smallest absolute Gasteiger partial charge is 0.316 e. The largest absolute Gasteiger partial charge is 0.416 e. The highest BCUT2D eigenvalue weighted by Crippen LogP contribution is 2.30. The second-order valence-electron chi connectivity index (χ2n) is 4.64. The third kappa shape index (κ3) is 4.42. The summed E-state index contributed by atoms with van der Waals surface area (Å²) in [6, 6.07) is 3.76. The molecule has 0 aliphatic rings. The van der Waals surface area contributed by atoms with E-state index in [4.69, 9.17) is 11.6 Å². The van der Waals surface area contributed by atoms with Crippen LogP contribution in [0.15, 0.2) is 35.3 Å². The number of rotatable bonds is 5. The zero-order valence-electron chi connectivity index (χ0n) is 12.0. The minimum Gasteiger partial charge on any atom is -0.316 e. The first-order valence-electron chi connectivity index (χ1n) is 6.50. The van der Waals surface area contributed by atoms with E-state index in [1.165, 1.54) is 6.07 Å². The van der Waals surface area contributed by atoms with Gasteiger partial charge in [0.1, 0.15) is 5.02 Å². The van der Waals surface area contributed by atoms with E-state index in [0.29, 0.717) is 10.7 Å². The molecule has 2 N–H and O–H groups in total. The van der Waals surface area contributed by atoms with E-state index in [1.54, 1.807) is 5.43 Å². The fraction of sp³-hybridized carbons (Fsp3) is 0.231. The quantitative estimate of drug-likeness (QED) is 0.470. The molecule has 0 bridgehead atoms. The second kappa shape index (κ2) is 7.31. The molecule has 1 heterocycles. The number of aromatic nitrogens is 2. The molecule has 12 heteroatoms. The Labute approximate surface area is 141 Å². The molecule has 2 aromatic rings. The van der Waals surface area contributed by atoms with Gasteiger partial charge in [0.2, 0.25) is 6.30 Å². The number of halogens is 7. The molecule has 2 rings (SSSR count). The first-order chi connectivity index (χ1) is 11.6. The van der Waals surface area contributed by atoms with Gasteiger partial charge in [-0.3, -0.25) is 4.79 Å². The summed E-state index contributed by atoms with van der Waals surface area (Å²) in [5, 5.41) is 3.01. The highest BCUT2D eigenvalue weighted by molar-refractivity contribution is 6.32. The number of alkyl halides is 6. The summed E-state index contributed by atoms with van der Waals surface area (Å²) in [7, 11) is 0. The third-order valence-electron chi connectivity index (χ3n) is 2.90. The zero-order valence-corrected chi connectivity index (χ0v) is 12.7. The van der Waals surface area contributed by atoms with Gasteiger partial charge < -0.3 is 5.43 Å². The lowest BCUT2D eigenvalue weighted by Crippen LogP contribution is -2.36. The van der Waals surface area contributed by atoms with E-state index in [1.807, 2.05) is 5.43 Å². The Morgan fingerprint density at radius 3 is 2.48 bits per heavy atom. The van der Waals surface area contributed by atoms with Crippen LogP contribution in [0, 0.1) is 0 Å². The van der Waals surface area contributed by atoms with Crippen molar-refractivity contribution in [2.75, 3.05) is 5.43 Å².